The maximum Gasteiger partial charge on any atom is 0.211 e. The Balaban J connectivity index is 1.74. The largest absolute Gasteiger partial charge is 0.490 e. The maximum atomic E-state index is 13.4. The van der Waals surface area contributed by atoms with Crippen molar-refractivity contribution in [1.82, 2.24) is 10.3 Å². The van der Waals surface area contributed by atoms with Crippen molar-refractivity contribution in [2.75, 3.05) is 23.4 Å². The summed E-state index contributed by atoms with van der Waals surface area (Å²) < 4.78 is 25.1. The first kappa shape index (κ1) is 24.4. The van der Waals surface area contributed by atoms with E-state index in [0.29, 0.717) is 34.8 Å². The Morgan fingerprint density at radius 2 is 1.97 bits per heavy atom. The van der Waals surface area contributed by atoms with Gasteiger partial charge in [0.15, 0.2) is 17.7 Å². The molecular weight excluding hydrogens is 487 g/mol. The molecule has 2 aromatic carbocycles. The van der Waals surface area contributed by atoms with Crippen LogP contribution in [0, 0.1) is 28.6 Å². The second-order valence-corrected chi connectivity index (χ2v) is 7.97. The van der Waals surface area contributed by atoms with Crippen LogP contribution in [-0.2, 0) is 6.61 Å². The number of pyridine rings is 1. The normalized spacial score (nSPS) is 13.9. The van der Waals surface area contributed by atoms with Crippen LogP contribution in [0.4, 0.5) is 21.7 Å². The van der Waals surface area contributed by atoms with Crippen LogP contribution in [0.1, 0.15) is 35.2 Å². The van der Waals surface area contributed by atoms with E-state index < -0.39 is 11.9 Å². The van der Waals surface area contributed by atoms with E-state index in [4.69, 9.17) is 37.8 Å². The van der Waals surface area contributed by atoms with Crippen molar-refractivity contribution in [3.63, 3.8) is 0 Å². The topological polar surface area (TPSA) is 167 Å². The van der Waals surface area contributed by atoms with Gasteiger partial charge in [0.05, 0.1) is 17.3 Å². The van der Waals surface area contributed by atoms with Crippen molar-refractivity contribution in [3.8, 4) is 23.8 Å². The Morgan fingerprint density at radius 3 is 2.67 bits per heavy atom. The highest BCUT2D eigenvalue weighted by atomic mass is 35.5. The van der Waals surface area contributed by atoms with Gasteiger partial charge in [0.25, 0.3) is 0 Å². The second-order valence-electron chi connectivity index (χ2n) is 7.57. The fourth-order valence-electron chi connectivity index (χ4n) is 3.70. The quantitative estimate of drug-likeness (QED) is 0.287. The van der Waals surface area contributed by atoms with Crippen LogP contribution in [0.2, 0.25) is 5.02 Å². The first-order chi connectivity index (χ1) is 17.4. The van der Waals surface area contributed by atoms with Gasteiger partial charge in [0.1, 0.15) is 41.7 Å². The van der Waals surface area contributed by atoms with Gasteiger partial charge in [0.2, 0.25) is 5.96 Å². The summed E-state index contributed by atoms with van der Waals surface area (Å²) in [5.41, 5.74) is 14.0. The van der Waals surface area contributed by atoms with Crippen LogP contribution >= 0.6 is 11.6 Å². The minimum absolute atomic E-state index is 0.0357. The first-order valence-corrected chi connectivity index (χ1v) is 11.1. The SMILES string of the molecule is CCOc1cc(C2N=C(NC#N)Nc3nc(N)c(C#N)c(N)c32)ccc1OCc1ccc(F)cc1Cl. The van der Waals surface area contributed by atoms with Crippen molar-refractivity contribution < 1.29 is 13.9 Å². The summed E-state index contributed by atoms with van der Waals surface area (Å²) in [5.74, 6) is 0.764. The predicted octanol–water partition coefficient (Wildman–Crippen LogP) is 3.83. The van der Waals surface area contributed by atoms with Gasteiger partial charge in [-0.05, 0) is 36.8 Å². The molecular formula is C24H20ClFN8O2. The lowest BCUT2D eigenvalue weighted by Crippen LogP contribution is -2.32. The number of nitrogens with one attached hydrogen (secondary N) is 2. The van der Waals surface area contributed by atoms with Gasteiger partial charge in [-0.25, -0.2) is 14.4 Å². The molecule has 4 rings (SSSR count). The van der Waals surface area contributed by atoms with Crippen molar-refractivity contribution in [2.24, 2.45) is 4.99 Å². The molecule has 1 aromatic heterocycles. The van der Waals surface area contributed by atoms with Crippen molar-refractivity contribution in [2.45, 2.75) is 19.6 Å². The molecule has 0 radical (unpaired) electrons. The molecule has 1 unspecified atom stereocenters. The zero-order valence-electron chi connectivity index (χ0n) is 19.0. The molecule has 0 aliphatic carbocycles. The average Bonchev–Trinajstić information content (AvgIpc) is 2.84. The minimum atomic E-state index is -0.739. The summed E-state index contributed by atoms with van der Waals surface area (Å²) in [4.78, 5) is 8.79. The van der Waals surface area contributed by atoms with Gasteiger partial charge in [-0.3, -0.25) is 5.32 Å². The van der Waals surface area contributed by atoms with Crippen LogP contribution in [0.25, 0.3) is 0 Å². The van der Waals surface area contributed by atoms with E-state index >= 15 is 0 Å². The smallest absolute Gasteiger partial charge is 0.211 e. The molecule has 10 nitrogen and oxygen atoms in total. The zero-order valence-corrected chi connectivity index (χ0v) is 19.7. The number of nitriles is 2. The summed E-state index contributed by atoms with van der Waals surface area (Å²) in [6.45, 7) is 2.26. The number of halogens is 2. The van der Waals surface area contributed by atoms with E-state index in [1.165, 1.54) is 12.1 Å². The van der Waals surface area contributed by atoms with E-state index in [1.807, 2.05) is 19.2 Å². The van der Waals surface area contributed by atoms with Crippen LogP contribution in [-0.4, -0.2) is 17.6 Å². The number of anilines is 3. The number of hydrogen-bond donors (Lipinski definition) is 4. The highest BCUT2D eigenvalue weighted by molar-refractivity contribution is 6.31. The molecule has 1 atom stereocenters. The number of hydrogen-bond acceptors (Lipinski definition) is 10. The fourth-order valence-corrected chi connectivity index (χ4v) is 3.92. The lowest BCUT2D eigenvalue weighted by atomic mass is 9.95. The molecule has 2 heterocycles. The molecule has 36 heavy (non-hydrogen) atoms. The Morgan fingerprint density at radius 1 is 1.17 bits per heavy atom. The highest BCUT2D eigenvalue weighted by Crippen LogP contribution is 2.42. The second kappa shape index (κ2) is 10.3. The molecule has 0 spiro atoms. The van der Waals surface area contributed by atoms with Crippen molar-refractivity contribution >= 4 is 34.9 Å². The number of ether oxygens (including phenoxy) is 2. The maximum absolute atomic E-state index is 13.4. The molecule has 0 saturated carbocycles. The Labute approximate surface area is 210 Å². The Kier molecular flexibility index (Phi) is 6.95. The van der Waals surface area contributed by atoms with E-state index in [-0.39, 0.29) is 40.5 Å². The lowest BCUT2D eigenvalue weighted by molar-refractivity contribution is 0.269. The monoisotopic (exact) mass is 506 g/mol. The minimum Gasteiger partial charge on any atom is -0.490 e. The van der Waals surface area contributed by atoms with E-state index in [1.54, 1.807) is 24.3 Å². The molecule has 0 fully saturated rings. The molecule has 0 amide bonds. The molecule has 1 aliphatic rings. The van der Waals surface area contributed by atoms with Crippen molar-refractivity contribution in [3.05, 3.63) is 69.5 Å². The van der Waals surface area contributed by atoms with Gasteiger partial charge in [-0.15, -0.1) is 0 Å². The summed E-state index contributed by atoms with van der Waals surface area (Å²) >= 11 is 6.11. The number of benzene rings is 2. The van der Waals surface area contributed by atoms with E-state index in [2.05, 4.69) is 20.6 Å². The number of aliphatic imine (C=N–C) groups is 1. The lowest BCUT2D eigenvalue weighted by Gasteiger charge is -2.26. The number of rotatable bonds is 6. The Hall–Kier alpha value is -4.74. The summed E-state index contributed by atoms with van der Waals surface area (Å²) in [7, 11) is 0. The third-order valence-electron chi connectivity index (χ3n) is 5.34. The number of fused-ring (bicyclic) bond motifs is 1. The zero-order chi connectivity index (χ0) is 25.8. The highest BCUT2D eigenvalue weighted by Gasteiger charge is 2.30. The summed E-state index contributed by atoms with van der Waals surface area (Å²) in [6.07, 6.45) is 1.81. The number of aromatic nitrogens is 1. The van der Waals surface area contributed by atoms with Crippen LogP contribution in [0.3, 0.4) is 0 Å². The van der Waals surface area contributed by atoms with Gasteiger partial charge in [-0.2, -0.15) is 10.5 Å². The Bertz CT molecular complexity index is 1450. The fraction of sp³-hybridized carbons (Fsp3) is 0.167. The molecule has 0 bridgehead atoms. The van der Waals surface area contributed by atoms with Gasteiger partial charge in [-0.1, -0.05) is 23.7 Å². The number of nitrogens with two attached hydrogens (primary N) is 2. The first-order valence-electron chi connectivity index (χ1n) is 10.7. The number of guanidine groups is 1. The molecule has 3 aromatic rings. The van der Waals surface area contributed by atoms with Gasteiger partial charge in [0, 0.05) is 11.1 Å². The van der Waals surface area contributed by atoms with Crippen LogP contribution < -0.4 is 31.6 Å². The number of nitrogen functional groups attached to an aromatic ring is 2. The summed E-state index contributed by atoms with van der Waals surface area (Å²) in [6, 6.07) is 10.5. The van der Waals surface area contributed by atoms with E-state index in [9.17, 15) is 9.65 Å². The molecule has 6 N–H and O–H groups in total. The van der Waals surface area contributed by atoms with Gasteiger partial charge >= 0.3 is 0 Å². The van der Waals surface area contributed by atoms with Gasteiger partial charge < -0.3 is 26.3 Å². The van der Waals surface area contributed by atoms with Crippen LogP contribution in [0.15, 0.2) is 41.4 Å². The molecule has 1 aliphatic heterocycles. The predicted molar refractivity (Wildman–Crippen MR) is 133 cm³/mol. The number of nitrogens with zero attached hydrogens (tertiary/aromatic N) is 4. The third-order valence-corrected chi connectivity index (χ3v) is 5.69. The van der Waals surface area contributed by atoms with E-state index in [0.717, 1.165) is 0 Å². The molecule has 182 valence electrons. The van der Waals surface area contributed by atoms with Crippen molar-refractivity contribution in [1.29, 1.82) is 10.5 Å². The molecule has 0 saturated heterocycles. The average molecular weight is 507 g/mol. The van der Waals surface area contributed by atoms with Crippen LogP contribution in [0.5, 0.6) is 11.5 Å². The standard InChI is InChI=1S/C24H20ClFN8O2/c1-2-35-18-7-12(4-6-17(18)36-10-13-3-5-14(26)8-16(13)25)21-19-20(29)15(9-27)22(30)33-23(19)34-24(32-21)31-11-28/h3-8,21H,2,10H2,1H3,(H6,29,30,31,32,33,34). The third kappa shape index (κ3) is 4.73. The summed E-state index contributed by atoms with van der Waals surface area (Å²) in [5, 5.41) is 24.2. The molecule has 12 heteroatoms.